The summed E-state index contributed by atoms with van der Waals surface area (Å²) in [6.45, 7) is 2.52. The highest BCUT2D eigenvalue weighted by Gasteiger charge is 2.54. The summed E-state index contributed by atoms with van der Waals surface area (Å²) in [6.07, 6.45) is 4.76. The van der Waals surface area contributed by atoms with E-state index in [-0.39, 0.29) is 12.1 Å². The molecule has 0 saturated carbocycles. The molecule has 4 rings (SSSR count). The van der Waals surface area contributed by atoms with Crippen LogP contribution in [0.1, 0.15) is 38.2 Å². The summed E-state index contributed by atoms with van der Waals surface area (Å²) < 4.78 is 6.08. The molecule has 3 heterocycles. The summed E-state index contributed by atoms with van der Waals surface area (Å²) in [5.41, 5.74) is 1.36. The molecular weight excluding hydrogens is 338 g/mol. The predicted molar refractivity (Wildman–Crippen MR) is 101 cm³/mol. The normalized spacial score (nSPS) is 32.0. The van der Waals surface area contributed by atoms with Crippen LogP contribution in [0.15, 0.2) is 30.3 Å². The van der Waals surface area contributed by atoms with Gasteiger partial charge in [0.1, 0.15) is 6.10 Å². The van der Waals surface area contributed by atoms with E-state index in [1.807, 2.05) is 0 Å². The maximum Gasteiger partial charge on any atom is 0.302 e. The highest BCUT2D eigenvalue weighted by Crippen LogP contribution is 2.56. The fraction of sp³-hybridized carbons (Fsp3) is 0.632. The van der Waals surface area contributed by atoms with Crippen LogP contribution in [0.25, 0.3) is 0 Å². The van der Waals surface area contributed by atoms with Crippen molar-refractivity contribution in [2.45, 2.75) is 61.4 Å². The van der Waals surface area contributed by atoms with Crippen molar-refractivity contribution < 1.29 is 9.53 Å². The minimum atomic E-state index is -0.134. The number of piperidine rings is 1. The third-order valence-electron chi connectivity index (χ3n) is 5.44. The van der Waals surface area contributed by atoms with Gasteiger partial charge >= 0.3 is 5.97 Å². The van der Waals surface area contributed by atoms with Crippen LogP contribution in [0.2, 0.25) is 0 Å². The van der Waals surface area contributed by atoms with Crippen molar-refractivity contribution in [3.05, 3.63) is 35.9 Å². The van der Waals surface area contributed by atoms with Gasteiger partial charge in [-0.05, 0) is 36.3 Å². The topological polar surface area (TPSA) is 29.5 Å². The number of hydrogen-bond donors (Lipinski definition) is 0. The number of rotatable bonds is 3. The molecular formula is C19H25NO2S2. The lowest BCUT2D eigenvalue weighted by atomic mass is 10.00. The van der Waals surface area contributed by atoms with Crippen molar-refractivity contribution in [3.63, 3.8) is 0 Å². The molecule has 0 radical (unpaired) electrons. The van der Waals surface area contributed by atoms with Crippen molar-refractivity contribution in [3.8, 4) is 0 Å². The standard InChI is InChI=1S/C19H25NO2S2/c1-14(21)22-18-10-16-11-19(23-8-5-9-24-19)12-17(18)20(16)13-15-6-3-2-4-7-15/h2-4,6-7,16-18H,5,8-13H2,1H3/t16-,17+,18+/m1/s1. The Balaban J connectivity index is 1.55. The van der Waals surface area contributed by atoms with Gasteiger partial charge in [0.05, 0.1) is 4.08 Å². The van der Waals surface area contributed by atoms with E-state index >= 15 is 0 Å². The number of esters is 1. The van der Waals surface area contributed by atoms with Gasteiger partial charge in [-0.1, -0.05) is 30.3 Å². The summed E-state index contributed by atoms with van der Waals surface area (Å²) in [4.78, 5) is 14.2. The molecule has 130 valence electrons. The molecule has 3 fully saturated rings. The molecule has 3 nitrogen and oxygen atoms in total. The van der Waals surface area contributed by atoms with Crippen LogP contribution in [0.3, 0.4) is 0 Å². The van der Waals surface area contributed by atoms with E-state index in [0.29, 0.717) is 16.2 Å². The van der Waals surface area contributed by atoms with E-state index in [1.54, 1.807) is 6.92 Å². The van der Waals surface area contributed by atoms with E-state index < -0.39 is 0 Å². The molecule has 3 atom stereocenters. The van der Waals surface area contributed by atoms with Crippen LogP contribution in [-0.2, 0) is 16.1 Å². The lowest BCUT2D eigenvalue weighted by Gasteiger charge is -2.47. The SMILES string of the molecule is CC(=O)O[C@H]1C[C@@H]2CC3(C[C@@H]1N2Cc1ccccc1)SCCCS3. The maximum atomic E-state index is 11.6. The van der Waals surface area contributed by atoms with Gasteiger partial charge in [-0.15, -0.1) is 23.5 Å². The Labute approximate surface area is 152 Å². The number of carbonyl (C=O) groups is 1. The van der Waals surface area contributed by atoms with Crippen LogP contribution >= 0.6 is 23.5 Å². The van der Waals surface area contributed by atoms with Crippen LogP contribution in [0.4, 0.5) is 0 Å². The molecule has 0 amide bonds. The summed E-state index contributed by atoms with van der Waals surface area (Å²) in [6, 6.07) is 11.6. The molecule has 0 N–H and O–H groups in total. The summed E-state index contributed by atoms with van der Waals surface area (Å²) in [5.74, 6) is 2.43. The van der Waals surface area contributed by atoms with Crippen molar-refractivity contribution in [2.75, 3.05) is 11.5 Å². The molecule has 0 unspecified atom stereocenters. The van der Waals surface area contributed by atoms with E-state index in [4.69, 9.17) is 4.74 Å². The molecule has 2 bridgehead atoms. The highest BCUT2D eigenvalue weighted by atomic mass is 32.2. The first-order valence-corrected chi connectivity index (χ1v) is 10.9. The third-order valence-corrected chi connectivity index (χ3v) is 8.85. The molecule has 24 heavy (non-hydrogen) atoms. The number of carbonyl (C=O) groups excluding carboxylic acids is 1. The zero-order valence-electron chi connectivity index (χ0n) is 14.1. The Morgan fingerprint density at radius 2 is 2.00 bits per heavy atom. The summed E-state index contributed by atoms with van der Waals surface area (Å²) in [5, 5.41) is 0. The smallest absolute Gasteiger partial charge is 0.302 e. The fourth-order valence-electron chi connectivity index (χ4n) is 4.49. The summed E-state index contributed by atoms with van der Waals surface area (Å²) >= 11 is 4.32. The van der Waals surface area contributed by atoms with Gasteiger partial charge < -0.3 is 4.74 Å². The van der Waals surface area contributed by atoms with E-state index in [2.05, 4.69) is 58.8 Å². The van der Waals surface area contributed by atoms with Gasteiger partial charge in [0.2, 0.25) is 0 Å². The molecule has 3 aliphatic heterocycles. The minimum absolute atomic E-state index is 0.0683. The molecule has 0 aliphatic carbocycles. The fourth-order valence-corrected chi connectivity index (χ4v) is 8.02. The molecule has 5 heteroatoms. The zero-order valence-corrected chi connectivity index (χ0v) is 15.8. The molecule has 3 saturated heterocycles. The van der Waals surface area contributed by atoms with Crippen molar-refractivity contribution >= 4 is 29.5 Å². The van der Waals surface area contributed by atoms with E-state index in [9.17, 15) is 4.79 Å². The maximum absolute atomic E-state index is 11.6. The average Bonchev–Trinajstić information content (AvgIpc) is 2.76. The zero-order chi connectivity index (χ0) is 16.6. The van der Waals surface area contributed by atoms with Gasteiger partial charge in [-0.25, -0.2) is 0 Å². The second kappa shape index (κ2) is 6.93. The predicted octanol–water partition coefficient (Wildman–Crippen LogP) is 3.92. The van der Waals surface area contributed by atoms with E-state index in [1.165, 1.54) is 29.9 Å². The molecule has 1 aromatic carbocycles. The number of ether oxygens (including phenoxy) is 1. The first-order valence-electron chi connectivity index (χ1n) is 8.90. The van der Waals surface area contributed by atoms with Crippen LogP contribution < -0.4 is 0 Å². The Bertz CT molecular complexity index is 588. The Morgan fingerprint density at radius 1 is 1.25 bits per heavy atom. The number of thioether (sulfide) groups is 2. The van der Waals surface area contributed by atoms with Gasteiger partial charge in [-0.3, -0.25) is 9.69 Å². The third kappa shape index (κ3) is 3.35. The highest BCUT2D eigenvalue weighted by molar-refractivity contribution is 8.18. The second-order valence-electron chi connectivity index (χ2n) is 7.13. The van der Waals surface area contributed by atoms with Crippen LogP contribution in [0.5, 0.6) is 0 Å². The quantitative estimate of drug-likeness (QED) is 0.760. The first kappa shape index (κ1) is 16.8. The number of fused-ring (bicyclic) bond motifs is 2. The average molecular weight is 364 g/mol. The van der Waals surface area contributed by atoms with Gasteiger partial charge in [0, 0.05) is 32.0 Å². The molecule has 3 aliphatic rings. The Hall–Kier alpha value is -0.650. The number of benzene rings is 1. The largest absolute Gasteiger partial charge is 0.461 e. The van der Waals surface area contributed by atoms with Gasteiger partial charge in [-0.2, -0.15) is 0 Å². The first-order chi connectivity index (χ1) is 11.7. The Kier molecular flexibility index (Phi) is 4.85. The lowest BCUT2D eigenvalue weighted by molar-refractivity contribution is -0.147. The lowest BCUT2D eigenvalue weighted by Crippen LogP contribution is -2.50. The van der Waals surface area contributed by atoms with Crippen LogP contribution in [0, 0.1) is 0 Å². The monoisotopic (exact) mass is 363 g/mol. The number of hydrogen-bond acceptors (Lipinski definition) is 5. The van der Waals surface area contributed by atoms with Crippen molar-refractivity contribution in [2.24, 2.45) is 0 Å². The molecule has 0 aromatic heterocycles. The second-order valence-corrected chi connectivity index (χ2v) is 10.3. The minimum Gasteiger partial charge on any atom is -0.461 e. The van der Waals surface area contributed by atoms with Crippen molar-refractivity contribution in [1.82, 2.24) is 4.90 Å². The van der Waals surface area contributed by atoms with Gasteiger partial charge in [0.15, 0.2) is 0 Å². The van der Waals surface area contributed by atoms with Gasteiger partial charge in [0.25, 0.3) is 0 Å². The van der Waals surface area contributed by atoms with Crippen molar-refractivity contribution in [1.29, 1.82) is 0 Å². The molecule has 1 aromatic rings. The molecule has 1 spiro atoms. The number of nitrogens with zero attached hydrogens (tertiary/aromatic N) is 1. The van der Waals surface area contributed by atoms with Crippen LogP contribution in [-0.4, -0.2) is 44.6 Å². The Morgan fingerprint density at radius 3 is 2.71 bits per heavy atom. The van der Waals surface area contributed by atoms with E-state index in [0.717, 1.165) is 19.4 Å². The summed E-state index contributed by atoms with van der Waals surface area (Å²) in [7, 11) is 0.